The van der Waals surface area contributed by atoms with Gasteiger partial charge in [0.1, 0.15) is 17.4 Å². The second-order valence-electron chi connectivity index (χ2n) is 10.5. The first-order chi connectivity index (χ1) is 14.9. The van der Waals surface area contributed by atoms with Crippen molar-refractivity contribution in [1.29, 1.82) is 0 Å². The number of rotatable bonds is 5. The zero-order valence-electron chi connectivity index (χ0n) is 17.8. The van der Waals surface area contributed by atoms with Gasteiger partial charge < -0.3 is 20.5 Å². The van der Waals surface area contributed by atoms with Crippen molar-refractivity contribution in [1.82, 2.24) is 10.6 Å². The molecule has 0 radical (unpaired) electrons. The van der Waals surface area contributed by atoms with Crippen LogP contribution >= 0.6 is 0 Å². The van der Waals surface area contributed by atoms with Gasteiger partial charge in [0.25, 0.3) is 0 Å². The molecule has 0 aliphatic heterocycles. The summed E-state index contributed by atoms with van der Waals surface area (Å²) < 4.78 is 33.4. The molecule has 0 atom stereocenters. The molecule has 0 saturated heterocycles. The van der Waals surface area contributed by atoms with Crippen molar-refractivity contribution in [2.24, 2.45) is 17.8 Å². The van der Waals surface area contributed by atoms with Crippen LogP contribution in [0.25, 0.3) is 0 Å². The van der Waals surface area contributed by atoms with Crippen LogP contribution in [-0.2, 0) is 11.3 Å². The van der Waals surface area contributed by atoms with Crippen molar-refractivity contribution in [3.05, 3.63) is 29.3 Å². The maximum atomic E-state index is 13.8. The lowest BCUT2D eigenvalue weighted by molar-refractivity contribution is -0.0142. The number of carbonyl (C=O) groups is 1. The molecule has 1 aromatic carbocycles. The van der Waals surface area contributed by atoms with E-state index in [1.165, 1.54) is 19.3 Å². The lowest BCUT2D eigenvalue weighted by atomic mass is 9.53. The van der Waals surface area contributed by atoms with Gasteiger partial charge in [0.2, 0.25) is 0 Å². The molecular weight excluding hydrogens is 402 g/mol. The van der Waals surface area contributed by atoms with E-state index in [4.69, 9.17) is 4.74 Å². The zero-order chi connectivity index (χ0) is 21.6. The fraction of sp³-hybridized carbons (Fsp3) is 0.708. The van der Waals surface area contributed by atoms with Crippen molar-refractivity contribution in [2.45, 2.75) is 88.5 Å². The lowest BCUT2D eigenvalue weighted by Gasteiger charge is -2.56. The van der Waals surface area contributed by atoms with E-state index in [0.717, 1.165) is 74.8 Å². The van der Waals surface area contributed by atoms with Gasteiger partial charge in [-0.15, -0.1) is 0 Å². The highest BCUT2D eigenvalue weighted by Gasteiger charge is 2.51. The predicted molar refractivity (Wildman–Crippen MR) is 111 cm³/mol. The minimum atomic E-state index is -0.797. The number of phenolic OH excluding ortho intramolecular Hbond substituents is 1. The first-order valence-corrected chi connectivity index (χ1v) is 11.7. The third-order valence-corrected chi connectivity index (χ3v) is 8.02. The topological polar surface area (TPSA) is 70.6 Å². The molecule has 5 nitrogen and oxygen atoms in total. The highest BCUT2D eigenvalue weighted by Crippen LogP contribution is 2.55. The van der Waals surface area contributed by atoms with Crippen LogP contribution in [0.3, 0.4) is 0 Å². The van der Waals surface area contributed by atoms with Gasteiger partial charge >= 0.3 is 6.03 Å². The van der Waals surface area contributed by atoms with Crippen LogP contribution in [0.5, 0.6) is 5.75 Å². The van der Waals surface area contributed by atoms with E-state index in [1.54, 1.807) is 0 Å². The largest absolute Gasteiger partial charge is 0.508 e. The van der Waals surface area contributed by atoms with Gasteiger partial charge in [-0.05, 0) is 82.0 Å². The summed E-state index contributed by atoms with van der Waals surface area (Å²) >= 11 is 0. The maximum Gasteiger partial charge on any atom is 0.315 e. The molecule has 0 aromatic heterocycles. The molecule has 5 fully saturated rings. The Morgan fingerprint density at radius 2 is 1.55 bits per heavy atom. The van der Waals surface area contributed by atoms with Crippen molar-refractivity contribution in [3.8, 4) is 5.75 Å². The monoisotopic (exact) mass is 434 g/mol. The van der Waals surface area contributed by atoms with Crippen molar-refractivity contribution in [2.75, 3.05) is 0 Å². The van der Waals surface area contributed by atoms with Crippen molar-refractivity contribution >= 4 is 6.03 Å². The molecule has 7 heteroatoms. The molecule has 1 aromatic rings. The number of ether oxygens (including phenoxy) is 1. The number of urea groups is 1. The van der Waals surface area contributed by atoms with Crippen LogP contribution in [0.4, 0.5) is 13.6 Å². The Kier molecular flexibility index (Phi) is 5.57. The average molecular weight is 435 g/mol. The number of hydrogen-bond donors (Lipinski definition) is 3. The molecule has 2 amide bonds. The van der Waals surface area contributed by atoms with Crippen LogP contribution in [0.1, 0.15) is 69.8 Å². The van der Waals surface area contributed by atoms with E-state index in [1.807, 2.05) is 0 Å². The van der Waals surface area contributed by atoms with Crippen LogP contribution in [0.15, 0.2) is 12.1 Å². The third-order valence-electron chi connectivity index (χ3n) is 8.02. The van der Waals surface area contributed by atoms with Crippen LogP contribution in [0.2, 0.25) is 0 Å². The Labute approximate surface area is 181 Å². The Morgan fingerprint density at radius 1 is 1.00 bits per heavy atom. The molecule has 31 heavy (non-hydrogen) atoms. The van der Waals surface area contributed by atoms with Gasteiger partial charge in [0.15, 0.2) is 0 Å². The molecule has 5 saturated carbocycles. The van der Waals surface area contributed by atoms with Crippen LogP contribution < -0.4 is 10.6 Å². The first kappa shape index (κ1) is 21.0. The van der Waals surface area contributed by atoms with Gasteiger partial charge in [-0.2, -0.15) is 0 Å². The van der Waals surface area contributed by atoms with E-state index < -0.39 is 17.4 Å². The molecule has 5 aliphatic carbocycles. The summed E-state index contributed by atoms with van der Waals surface area (Å²) in [5, 5.41) is 15.8. The van der Waals surface area contributed by atoms with Crippen molar-refractivity contribution < 1.29 is 23.4 Å². The van der Waals surface area contributed by atoms with Gasteiger partial charge in [0.05, 0.1) is 12.7 Å². The standard InChI is InChI=1S/C24H32F2N2O3/c25-21-8-18(29)9-22(26)20(21)13-31-19-3-1-17(2-4-19)27-23(30)28-24-10-14-5-15(11-24)7-16(6-14)12-24/h8-9,14-17,19,29H,1-7,10-13H2,(H2,27,28,30). The smallest absolute Gasteiger partial charge is 0.315 e. The van der Waals surface area contributed by atoms with Crippen LogP contribution in [-0.4, -0.2) is 28.8 Å². The molecule has 6 rings (SSSR count). The van der Waals surface area contributed by atoms with Gasteiger partial charge in [-0.3, -0.25) is 0 Å². The lowest BCUT2D eigenvalue weighted by Crippen LogP contribution is -2.62. The first-order valence-electron chi connectivity index (χ1n) is 11.7. The number of aromatic hydroxyl groups is 1. The minimum absolute atomic E-state index is 0.0113. The second-order valence-corrected chi connectivity index (χ2v) is 10.5. The molecule has 0 heterocycles. The fourth-order valence-corrected chi connectivity index (χ4v) is 7.03. The average Bonchev–Trinajstić information content (AvgIpc) is 2.67. The summed E-state index contributed by atoms with van der Waals surface area (Å²) in [6, 6.07) is 1.85. The maximum absolute atomic E-state index is 13.8. The van der Waals surface area contributed by atoms with E-state index in [9.17, 15) is 18.7 Å². The highest BCUT2D eigenvalue weighted by molar-refractivity contribution is 5.75. The normalized spacial score (nSPS) is 36.4. The molecule has 3 N–H and O–H groups in total. The Bertz CT molecular complexity index is 780. The number of hydrogen-bond acceptors (Lipinski definition) is 3. The quantitative estimate of drug-likeness (QED) is 0.625. The Balaban J connectivity index is 1.07. The number of phenols is 1. The van der Waals surface area contributed by atoms with Crippen LogP contribution in [0, 0.1) is 29.4 Å². The number of carbonyl (C=O) groups excluding carboxylic acids is 1. The van der Waals surface area contributed by atoms with E-state index >= 15 is 0 Å². The molecular formula is C24H32F2N2O3. The number of amides is 2. The van der Waals surface area contributed by atoms with Crippen molar-refractivity contribution in [3.63, 3.8) is 0 Å². The molecule has 170 valence electrons. The third kappa shape index (κ3) is 4.52. The molecule has 0 spiro atoms. The fourth-order valence-electron chi connectivity index (χ4n) is 7.03. The SMILES string of the molecule is O=C(NC1CCC(OCc2c(F)cc(O)cc2F)CC1)NC12CC3CC(CC(C3)C1)C2. The summed E-state index contributed by atoms with van der Waals surface area (Å²) in [4.78, 5) is 12.7. The number of halogens is 2. The van der Waals surface area contributed by atoms with Gasteiger partial charge in [0, 0.05) is 29.3 Å². The number of benzene rings is 1. The highest BCUT2D eigenvalue weighted by atomic mass is 19.1. The van der Waals surface area contributed by atoms with Gasteiger partial charge in [-0.1, -0.05) is 0 Å². The summed E-state index contributed by atoms with van der Waals surface area (Å²) in [7, 11) is 0. The number of nitrogens with one attached hydrogen (secondary N) is 2. The summed E-state index contributed by atoms with van der Waals surface area (Å²) in [5.74, 6) is 0.354. The molecule has 4 bridgehead atoms. The summed E-state index contributed by atoms with van der Waals surface area (Å²) in [6.07, 6.45) is 10.4. The summed E-state index contributed by atoms with van der Waals surface area (Å²) in [6.45, 7) is -0.160. The zero-order valence-corrected chi connectivity index (χ0v) is 17.8. The van der Waals surface area contributed by atoms with Gasteiger partial charge in [-0.25, -0.2) is 13.6 Å². The summed E-state index contributed by atoms with van der Waals surface area (Å²) in [5.41, 5.74) is -0.148. The van der Waals surface area contributed by atoms with E-state index in [-0.39, 0.29) is 35.9 Å². The molecule has 0 unspecified atom stereocenters. The second kappa shape index (κ2) is 8.23. The minimum Gasteiger partial charge on any atom is -0.508 e. The Hall–Kier alpha value is -1.89. The predicted octanol–water partition coefficient (Wildman–Crippen LogP) is 4.77. The van der Waals surface area contributed by atoms with E-state index in [2.05, 4.69) is 10.6 Å². The molecule has 5 aliphatic rings. The Morgan fingerprint density at radius 3 is 2.10 bits per heavy atom. The van der Waals surface area contributed by atoms with E-state index in [0.29, 0.717) is 0 Å².